The highest BCUT2D eigenvalue weighted by atomic mass is 16.2. The molecule has 1 aromatic rings. The standard InChI is InChI=1S/C17H26N2O/c1-13(2)10-12-19(15-7-8-15)17(20)16-6-4-3-5-14(16)9-11-18/h3-6,13,15H,7-12,18H2,1-2H3. The maximum Gasteiger partial charge on any atom is 0.254 e. The third-order valence-corrected chi connectivity index (χ3v) is 3.86. The van der Waals surface area contributed by atoms with Crippen LogP contribution in [-0.2, 0) is 6.42 Å². The zero-order valence-electron chi connectivity index (χ0n) is 12.6. The van der Waals surface area contributed by atoms with E-state index >= 15 is 0 Å². The van der Waals surface area contributed by atoms with Crippen molar-refractivity contribution >= 4 is 5.91 Å². The monoisotopic (exact) mass is 274 g/mol. The van der Waals surface area contributed by atoms with Crippen molar-refractivity contribution in [1.82, 2.24) is 4.90 Å². The number of amides is 1. The molecular weight excluding hydrogens is 248 g/mol. The Balaban J connectivity index is 2.14. The van der Waals surface area contributed by atoms with Gasteiger partial charge in [-0.05, 0) is 49.8 Å². The Labute approximate surface area is 122 Å². The summed E-state index contributed by atoms with van der Waals surface area (Å²) < 4.78 is 0. The Morgan fingerprint density at radius 3 is 2.65 bits per heavy atom. The first-order valence-corrected chi connectivity index (χ1v) is 7.72. The first-order valence-electron chi connectivity index (χ1n) is 7.72. The molecule has 3 nitrogen and oxygen atoms in total. The Morgan fingerprint density at radius 1 is 1.35 bits per heavy atom. The molecule has 0 aromatic heterocycles. The van der Waals surface area contributed by atoms with Crippen LogP contribution in [0.2, 0.25) is 0 Å². The van der Waals surface area contributed by atoms with Crippen molar-refractivity contribution in [2.24, 2.45) is 11.7 Å². The van der Waals surface area contributed by atoms with Gasteiger partial charge in [0.1, 0.15) is 0 Å². The van der Waals surface area contributed by atoms with Crippen LogP contribution in [0, 0.1) is 5.92 Å². The molecule has 2 N–H and O–H groups in total. The van der Waals surface area contributed by atoms with E-state index in [0.717, 1.165) is 43.4 Å². The fraction of sp³-hybridized carbons (Fsp3) is 0.588. The average Bonchev–Trinajstić information content (AvgIpc) is 3.24. The molecule has 1 aliphatic carbocycles. The molecule has 1 fully saturated rings. The van der Waals surface area contributed by atoms with Gasteiger partial charge in [0, 0.05) is 18.2 Å². The molecule has 1 saturated carbocycles. The molecule has 0 atom stereocenters. The summed E-state index contributed by atoms with van der Waals surface area (Å²) in [6.45, 7) is 5.87. The number of nitrogens with two attached hydrogens (primary N) is 1. The SMILES string of the molecule is CC(C)CCN(C(=O)c1ccccc1CCN)C1CC1. The molecule has 0 spiro atoms. The van der Waals surface area contributed by atoms with Gasteiger partial charge in [-0.1, -0.05) is 32.0 Å². The fourth-order valence-electron chi connectivity index (χ4n) is 2.49. The van der Waals surface area contributed by atoms with Crippen molar-refractivity contribution in [2.75, 3.05) is 13.1 Å². The van der Waals surface area contributed by atoms with Gasteiger partial charge in [0.15, 0.2) is 0 Å². The van der Waals surface area contributed by atoms with E-state index in [4.69, 9.17) is 5.73 Å². The van der Waals surface area contributed by atoms with Gasteiger partial charge in [-0.3, -0.25) is 4.79 Å². The predicted molar refractivity (Wildman–Crippen MR) is 82.7 cm³/mol. The zero-order valence-corrected chi connectivity index (χ0v) is 12.6. The normalized spacial score (nSPS) is 14.6. The highest BCUT2D eigenvalue weighted by molar-refractivity contribution is 5.96. The second-order valence-corrected chi connectivity index (χ2v) is 6.11. The number of hydrogen-bond donors (Lipinski definition) is 1. The molecule has 0 unspecified atom stereocenters. The third kappa shape index (κ3) is 3.83. The smallest absolute Gasteiger partial charge is 0.254 e. The first kappa shape index (κ1) is 15.0. The van der Waals surface area contributed by atoms with E-state index in [1.54, 1.807) is 0 Å². The number of nitrogens with zero attached hydrogens (tertiary/aromatic N) is 1. The molecule has 1 amide bonds. The van der Waals surface area contributed by atoms with Gasteiger partial charge < -0.3 is 10.6 Å². The summed E-state index contributed by atoms with van der Waals surface area (Å²) in [5, 5.41) is 0. The number of benzene rings is 1. The lowest BCUT2D eigenvalue weighted by Gasteiger charge is -2.24. The van der Waals surface area contributed by atoms with Crippen molar-refractivity contribution in [3.63, 3.8) is 0 Å². The molecule has 110 valence electrons. The Hall–Kier alpha value is -1.35. The zero-order chi connectivity index (χ0) is 14.5. The van der Waals surface area contributed by atoms with E-state index in [-0.39, 0.29) is 5.91 Å². The van der Waals surface area contributed by atoms with Gasteiger partial charge in [0.25, 0.3) is 5.91 Å². The number of rotatable bonds is 7. The molecule has 0 saturated heterocycles. The second-order valence-electron chi connectivity index (χ2n) is 6.11. The predicted octanol–water partition coefficient (Wildman–Crippen LogP) is 2.84. The van der Waals surface area contributed by atoms with Crippen molar-refractivity contribution < 1.29 is 4.79 Å². The van der Waals surface area contributed by atoms with Gasteiger partial charge in [0.05, 0.1) is 0 Å². The Morgan fingerprint density at radius 2 is 2.05 bits per heavy atom. The van der Waals surface area contributed by atoms with E-state index in [0.29, 0.717) is 18.5 Å². The lowest BCUT2D eigenvalue weighted by molar-refractivity contribution is 0.0734. The molecule has 1 aliphatic rings. The Kier molecular flexibility index (Phi) is 5.18. The van der Waals surface area contributed by atoms with Crippen LogP contribution in [0.4, 0.5) is 0 Å². The van der Waals surface area contributed by atoms with Crippen molar-refractivity contribution in [3.8, 4) is 0 Å². The molecule has 0 aliphatic heterocycles. The summed E-state index contributed by atoms with van der Waals surface area (Å²) in [5.41, 5.74) is 7.57. The van der Waals surface area contributed by atoms with Crippen molar-refractivity contribution in [2.45, 2.75) is 45.6 Å². The van der Waals surface area contributed by atoms with Crippen LogP contribution in [-0.4, -0.2) is 29.9 Å². The quantitative estimate of drug-likeness (QED) is 0.831. The highest BCUT2D eigenvalue weighted by Gasteiger charge is 2.33. The van der Waals surface area contributed by atoms with E-state index < -0.39 is 0 Å². The van der Waals surface area contributed by atoms with Crippen LogP contribution >= 0.6 is 0 Å². The van der Waals surface area contributed by atoms with E-state index in [1.807, 2.05) is 24.3 Å². The van der Waals surface area contributed by atoms with Gasteiger partial charge in [-0.25, -0.2) is 0 Å². The van der Waals surface area contributed by atoms with Gasteiger partial charge in [0.2, 0.25) is 0 Å². The van der Waals surface area contributed by atoms with Crippen LogP contribution < -0.4 is 5.73 Å². The minimum absolute atomic E-state index is 0.192. The largest absolute Gasteiger partial charge is 0.336 e. The van der Waals surface area contributed by atoms with Crippen molar-refractivity contribution in [3.05, 3.63) is 35.4 Å². The van der Waals surface area contributed by atoms with Crippen LogP contribution in [0.1, 0.15) is 49.0 Å². The van der Waals surface area contributed by atoms with Crippen LogP contribution in [0.25, 0.3) is 0 Å². The molecule has 3 heteroatoms. The molecule has 0 bridgehead atoms. The van der Waals surface area contributed by atoms with Crippen LogP contribution in [0.15, 0.2) is 24.3 Å². The molecule has 0 radical (unpaired) electrons. The highest BCUT2D eigenvalue weighted by Crippen LogP contribution is 2.29. The van der Waals surface area contributed by atoms with E-state index in [2.05, 4.69) is 18.7 Å². The van der Waals surface area contributed by atoms with Crippen LogP contribution in [0.5, 0.6) is 0 Å². The first-order chi connectivity index (χ1) is 9.63. The molecular formula is C17H26N2O. The lowest BCUT2D eigenvalue weighted by Crippen LogP contribution is -2.35. The number of carbonyl (C=O) groups is 1. The third-order valence-electron chi connectivity index (χ3n) is 3.86. The summed E-state index contributed by atoms with van der Waals surface area (Å²) in [6, 6.07) is 8.36. The summed E-state index contributed by atoms with van der Waals surface area (Å²) in [7, 11) is 0. The molecule has 0 heterocycles. The minimum Gasteiger partial charge on any atom is -0.336 e. The summed E-state index contributed by atoms with van der Waals surface area (Å²) >= 11 is 0. The molecule has 20 heavy (non-hydrogen) atoms. The maximum atomic E-state index is 12.8. The average molecular weight is 274 g/mol. The van der Waals surface area contributed by atoms with Crippen LogP contribution in [0.3, 0.4) is 0 Å². The molecule has 1 aromatic carbocycles. The summed E-state index contributed by atoms with van der Waals surface area (Å²) in [4.78, 5) is 14.9. The number of carbonyl (C=O) groups excluding carboxylic acids is 1. The Bertz CT molecular complexity index is 452. The van der Waals surface area contributed by atoms with E-state index in [1.165, 1.54) is 0 Å². The lowest BCUT2D eigenvalue weighted by atomic mass is 10.0. The van der Waals surface area contributed by atoms with Gasteiger partial charge in [-0.2, -0.15) is 0 Å². The topological polar surface area (TPSA) is 46.3 Å². The maximum absolute atomic E-state index is 12.8. The number of hydrogen-bond acceptors (Lipinski definition) is 2. The van der Waals surface area contributed by atoms with Crippen molar-refractivity contribution in [1.29, 1.82) is 0 Å². The summed E-state index contributed by atoms with van der Waals surface area (Å²) in [6.07, 6.45) is 4.15. The minimum atomic E-state index is 0.192. The van der Waals surface area contributed by atoms with Gasteiger partial charge in [-0.15, -0.1) is 0 Å². The second kappa shape index (κ2) is 6.89. The fourth-order valence-corrected chi connectivity index (χ4v) is 2.49. The van der Waals surface area contributed by atoms with E-state index in [9.17, 15) is 4.79 Å². The molecule has 2 rings (SSSR count). The summed E-state index contributed by atoms with van der Waals surface area (Å²) in [5.74, 6) is 0.820. The van der Waals surface area contributed by atoms with Gasteiger partial charge >= 0.3 is 0 Å².